The molecule has 4 aromatic rings. The maximum absolute atomic E-state index is 14.8. The van der Waals surface area contributed by atoms with Gasteiger partial charge in [0.15, 0.2) is 0 Å². The average Bonchev–Trinajstić information content (AvgIpc) is 2.92. The zero-order valence-electron chi connectivity index (χ0n) is 21.3. The highest BCUT2D eigenvalue weighted by molar-refractivity contribution is 5.88. The summed E-state index contributed by atoms with van der Waals surface area (Å²) < 4.78 is 42.8. The number of hydrogen-bond donors (Lipinski definition) is 1. The largest absolute Gasteiger partial charge is 0.363 e. The summed E-state index contributed by atoms with van der Waals surface area (Å²) in [7, 11) is 0. The topological polar surface area (TPSA) is 103 Å². The van der Waals surface area contributed by atoms with E-state index in [0.29, 0.717) is 54.3 Å². The van der Waals surface area contributed by atoms with Crippen molar-refractivity contribution in [1.29, 1.82) is 5.26 Å². The summed E-state index contributed by atoms with van der Waals surface area (Å²) in [4.78, 5) is 28.3. The molecule has 0 unspecified atom stereocenters. The van der Waals surface area contributed by atoms with Gasteiger partial charge in [-0.15, -0.1) is 0 Å². The highest BCUT2D eigenvalue weighted by Crippen LogP contribution is 2.30. The van der Waals surface area contributed by atoms with Crippen molar-refractivity contribution in [1.82, 2.24) is 19.6 Å². The number of rotatable bonds is 6. The van der Waals surface area contributed by atoms with Gasteiger partial charge in [-0.2, -0.15) is 5.26 Å². The van der Waals surface area contributed by atoms with E-state index in [4.69, 9.17) is 5.26 Å². The van der Waals surface area contributed by atoms with Gasteiger partial charge in [-0.05, 0) is 26.0 Å². The van der Waals surface area contributed by atoms with Crippen LogP contribution in [0.1, 0.15) is 41.9 Å². The van der Waals surface area contributed by atoms with E-state index in [0.717, 1.165) is 11.9 Å². The lowest BCUT2D eigenvalue weighted by Crippen LogP contribution is -2.54. The second-order valence-electron chi connectivity index (χ2n) is 9.25. The Kier molecular flexibility index (Phi) is 7.06. The van der Waals surface area contributed by atoms with E-state index >= 15 is 0 Å². The monoisotopic (exact) mass is 534 g/mol. The van der Waals surface area contributed by atoms with Crippen molar-refractivity contribution in [2.45, 2.75) is 26.3 Å². The van der Waals surface area contributed by atoms with Gasteiger partial charge in [0.05, 0.1) is 41.2 Å². The van der Waals surface area contributed by atoms with Crippen LogP contribution in [-0.4, -0.2) is 45.8 Å². The lowest BCUT2D eigenvalue weighted by molar-refractivity contribution is 0.146. The van der Waals surface area contributed by atoms with Gasteiger partial charge < -0.3 is 15.2 Å². The van der Waals surface area contributed by atoms with Gasteiger partial charge in [-0.25, -0.2) is 32.8 Å². The number of fused-ring (bicyclic) bond motifs is 1. The van der Waals surface area contributed by atoms with Crippen LogP contribution in [-0.2, 0) is 0 Å². The number of pyridine rings is 2. The van der Waals surface area contributed by atoms with Crippen LogP contribution in [0.15, 0.2) is 53.6 Å². The van der Waals surface area contributed by atoms with Crippen molar-refractivity contribution in [2.75, 3.05) is 41.4 Å². The number of nitrogens with one attached hydrogen (secondary N) is 1. The number of hydrogen-bond acceptors (Lipinski definition) is 8. The fraction of sp³-hybridized carbons (Fsp3) is 0.296. The minimum absolute atomic E-state index is 0.0815. The lowest BCUT2D eigenvalue weighted by atomic mass is 10.0. The third-order valence-corrected chi connectivity index (χ3v) is 6.70. The van der Waals surface area contributed by atoms with Gasteiger partial charge in [0.2, 0.25) is 0 Å². The number of alkyl halides is 2. The molecule has 1 N–H and O–H groups in total. The molecule has 5 rings (SSSR count). The second kappa shape index (κ2) is 10.6. The van der Waals surface area contributed by atoms with Gasteiger partial charge in [-0.3, -0.25) is 4.79 Å². The predicted octanol–water partition coefficient (Wildman–Crippen LogP) is 4.07. The molecule has 0 radical (unpaired) electrons. The van der Waals surface area contributed by atoms with Crippen LogP contribution in [0.5, 0.6) is 0 Å². The molecule has 0 saturated carbocycles. The van der Waals surface area contributed by atoms with Crippen molar-refractivity contribution in [3.8, 4) is 6.07 Å². The predicted molar refractivity (Wildman–Crippen MR) is 141 cm³/mol. The van der Waals surface area contributed by atoms with Crippen molar-refractivity contribution >= 4 is 22.5 Å². The number of aromatic nitrogens is 4. The number of halogens is 3. The van der Waals surface area contributed by atoms with Crippen LogP contribution in [0.3, 0.4) is 0 Å². The number of nitrogens with zero attached hydrogens (tertiary/aromatic N) is 7. The SMILES string of the molecule is Cc1nc(N[C@H](C)c2cccc(C(F)F)c2F)c2cn(N3CCN(c4ccc(C#N)cn4)CC3)c(=O)cc2n1. The van der Waals surface area contributed by atoms with Gasteiger partial charge >= 0.3 is 0 Å². The summed E-state index contributed by atoms with van der Waals surface area (Å²) in [6, 6.07) is 10.2. The third kappa shape index (κ3) is 5.20. The number of nitriles is 1. The van der Waals surface area contributed by atoms with Crippen molar-refractivity contribution < 1.29 is 13.2 Å². The molecular weight excluding hydrogens is 509 g/mol. The summed E-state index contributed by atoms with van der Waals surface area (Å²) in [5.74, 6) is 0.557. The molecule has 200 valence electrons. The summed E-state index contributed by atoms with van der Waals surface area (Å²) in [5.41, 5.74) is 0.0637. The number of aryl methyl sites for hydroxylation is 1. The molecule has 1 aliphatic rings. The molecule has 0 bridgehead atoms. The minimum atomic E-state index is -2.93. The molecule has 12 heteroatoms. The Labute approximate surface area is 222 Å². The molecule has 1 atom stereocenters. The van der Waals surface area contributed by atoms with Crippen molar-refractivity contribution in [3.63, 3.8) is 0 Å². The summed E-state index contributed by atoms with van der Waals surface area (Å²) >= 11 is 0. The van der Waals surface area contributed by atoms with Gasteiger partial charge in [0.1, 0.15) is 29.3 Å². The summed E-state index contributed by atoms with van der Waals surface area (Å²) in [5, 5.41) is 14.6. The minimum Gasteiger partial charge on any atom is -0.363 e. The molecule has 3 aromatic heterocycles. The first kappa shape index (κ1) is 26.0. The first-order valence-electron chi connectivity index (χ1n) is 12.4. The third-order valence-electron chi connectivity index (χ3n) is 6.70. The van der Waals surface area contributed by atoms with E-state index in [1.807, 2.05) is 5.01 Å². The average molecular weight is 535 g/mol. The summed E-state index contributed by atoms with van der Waals surface area (Å²) in [6.07, 6.45) is 0.248. The standard InChI is InChI=1S/C27H25F3N8O/c1-16(19-4-3-5-20(25(19)28)26(29)30)33-27-21-15-38(24(39)12-22(21)34-17(2)35-27)37-10-8-36(9-11-37)23-7-6-18(13-31)14-32-23/h3-7,12,14-16,26H,8-11H2,1-2H3,(H,33,34,35)/t16-/m1/s1. The Morgan fingerprint density at radius 2 is 1.82 bits per heavy atom. The van der Waals surface area contributed by atoms with Gasteiger partial charge in [-0.1, -0.05) is 18.2 Å². The maximum Gasteiger partial charge on any atom is 0.271 e. The molecule has 0 amide bonds. The van der Waals surface area contributed by atoms with E-state index < -0.39 is 23.8 Å². The Morgan fingerprint density at radius 1 is 1.08 bits per heavy atom. The first-order chi connectivity index (χ1) is 18.7. The van der Waals surface area contributed by atoms with Crippen molar-refractivity contribution in [3.05, 3.63) is 87.5 Å². The van der Waals surface area contributed by atoms with E-state index in [1.54, 1.807) is 32.2 Å². The van der Waals surface area contributed by atoms with Crippen LogP contribution in [0.2, 0.25) is 0 Å². The van der Waals surface area contributed by atoms with E-state index in [2.05, 4.69) is 31.2 Å². The lowest BCUT2D eigenvalue weighted by Gasteiger charge is -2.37. The quantitative estimate of drug-likeness (QED) is 0.395. The smallest absolute Gasteiger partial charge is 0.271 e. The molecule has 0 spiro atoms. The van der Waals surface area contributed by atoms with Crippen LogP contribution in [0.4, 0.5) is 24.8 Å². The summed E-state index contributed by atoms with van der Waals surface area (Å²) in [6.45, 7) is 5.61. The zero-order valence-corrected chi connectivity index (χ0v) is 21.3. The molecule has 9 nitrogen and oxygen atoms in total. The molecule has 1 fully saturated rings. The maximum atomic E-state index is 14.8. The molecule has 4 heterocycles. The Bertz CT molecular complexity index is 1610. The second-order valence-corrected chi connectivity index (χ2v) is 9.25. The highest BCUT2D eigenvalue weighted by Gasteiger charge is 2.22. The van der Waals surface area contributed by atoms with Crippen LogP contribution < -0.4 is 20.8 Å². The number of benzene rings is 1. The fourth-order valence-electron chi connectivity index (χ4n) is 4.67. The van der Waals surface area contributed by atoms with E-state index in [-0.39, 0.29) is 11.1 Å². The van der Waals surface area contributed by atoms with E-state index in [9.17, 15) is 18.0 Å². The molecular formula is C27H25F3N8O. The normalized spacial score (nSPS) is 14.5. The van der Waals surface area contributed by atoms with E-state index in [1.165, 1.54) is 29.1 Å². The molecule has 1 aliphatic heterocycles. The highest BCUT2D eigenvalue weighted by atomic mass is 19.3. The van der Waals surface area contributed by atoms with Crippen LogP contribution in [0, 0.1) is 24.1 Å². The number of piperazine rings is 1. The van der Waals surface area contributed by atoms with Crippen LogP contribution >= 0.6 is 0 Å². The van der Waals surface area contributed by atoms with Gasteiger partial charge in [0.25, 0.3) is 12.0 Å². The Morgan fingerprint density at radius 3 is 2.49 bits per heavy atom. The fourth-order valence-corrected chi connectivity index (χ4v) is 4.67. The zero-order chi connectivity index (χ0) is 27.7. The van der Waals surface area contributed by atoms with Gasteiger partial charge in [0, 0.05) is 37.1 Å². The van der Waals surface area contributed by atoms with Crippen molar-refractivity contribution in [2.24, 2.45) is 0 Å². The molecule has 1 aromatic carbocycles. The number of anilines is 2. The molecule has 0 aliphatic carbocycles. The Hall–Kier alpha value is -4.66. The van der Waals surface area contributed by atoms with Crippen LogP contribution in [0.25, 0.3) is 10.9 Å². The molecule has 1 saturated heterocycles. The Balaban J connectivity index is 1.42. The molecule has 39 heavy (non-hydrogen) atoms. The first-order valence-corrected chi connectivity index (χ1v) is 12.4.